The number of alkyl carbamates (subject to hydrolysis) is 1. The first-order chi connectivity index (χ1) is 16.0. The number of nitrogens with one attached hydrogen (secondary N) is 2. The molecule has 174 valence electrons. The van der Waals surface area contributed by atoms with E-state index in [4.69, 9.17) is 19.7 Å². The minimum atomic E-state index is -1.35. The van der Waals surface area contributed by atoms with Crippen LogP contribution in [-0.2, 0) is 19.1 Å². The zero-order valence-electron chi connectivity index (χ0n) is 17.9. The number of benzene rings is 2. The molecule has 2 aliphatic rings. The van der Waals surface area contributed by atoms with Crippen LogP contribution in [0.25, 0.3) is 11.1 Å². The van der Waals surface area contributed by atoms with Gasteiger partial charge in [-0.2, -0.15) is 0 Å². The molecule has 0 radical (unpaired) electrons. The summed E-state index contributed by atoms with van der Waals surface area (Å²) in [5, 5.41) is 22.9. The van der Waals surface area contributed by atoms with E-state index in [1.54, 1.807) is 0 Å². The van der Waals surface area contributed by atoms with Crippen molar-refractivity contribution in [3.63, 3.8) is 0 Å². The third kappa shape index (κ3) is 4.99. The van der Waals surface area contributed by atoms with Crippen LogP contribution >= 0.6 is 0 Å². The van der Waals surface area contributed by atoms with Gasteiger partial charge in [0.25, 0.3) is 0 Å². The molecule has 3 atom stereocenters. The topological polar surface area (TPSA) is 134 Å². The van der Waals surface area contributed by atoms with Crippen LogP contribution in [0.3, 0.4) is 0 Å². The maximum Gasteiger partial charge on any atom is 0.407 e. The largest absolute Gasteiger partial charge is 0.480 e. The summed E-state index contributed by atoms with van der Waals surface area (Å²) >= 11 is 0. The van der Waals surface area contributed by atoms with Crippen molar-refractivity contribution in [2.24, 2.45) is 5.92 Å². The van der Waals surface area contributed by atoms with Gasteiger partial charge >= 0.3 is 12.1 Å². The second kappa shape index (κ2) is 10.0. The monoisotopic (exact) mass is 454 g/mol. The number of carboxylic acids is 1. The van der Waals surface area contributed by atoms with Crippen LogP contribution in [-0.4, -0.2) is 66.7 Å². The van der Waals surface area contributed by atoms with Crippen LogP contribution in [0.2, 0.25) is 0 Å². The lowest BCUT2D eigenvalue weighted by Gasteiger charge is -2.16. The molecular weight excluding hydrogens is 428 g/mol. The molecule has 2 aromatic carbocycles. The molecule has 1 aliphatic carbocycles. The smallest absolute Gasteiger partial charge is 0.407 e. The number of carboxylic acid groups (broad SMARTS) is 1. The van der Waals surface area contributed by atoms with E-state index in [2.05, 4.69) is 22.8 Å². The quantitative estimate of drug-likeness (QED) is 0.475. The van der Waals surface area contributed by atoms with Crippen molar-refractivity contribution >= 4 is 18.0 Å². The number of aliphatic hydroxyl groups is 1. The van der Waals surface area contributed by atoms with E-state index >= 15 is 0 Å². The Morgan fingerprint density at radius 2 is 1.70 bits per heavy atom. The Morgan fingerprint density at radius 3 is 2.30 bits per heavy atom. The lowest BCUT2D eigenvalue weighted by Crippen LogP contribution is -2.46. The van der Waals surface area contributed by atoms with Crippen molar-refractivity contribution in [3.05, 3.63) is 59.7 Å². The summed E-state index contributed by atoms with van der Waals surface area (Å²) in [4.78, 5) is 35.4. The van der Waals surface area contributed by atoms with Gasteiger partial charge in [-0.1, -0.05) is 48.5 Å². The van der Waals surface area contributed by atoms with Crippen LogP contribution in [0.5, 0.6) is 0 Å². The number of aliphatic carboxylic acids is 1. The average Bonchev–Trinajstić information content (AvgIpc) is 3.42. The van der Waals surface area contributed by atoms with E-state index in [0.717, 1.165) is 22.3 Å². The van der Waals surface area contributed by atoms with Gasteiger partial charge in [0.05, 0.1) is 25.2 Å². The molecule has 1 fully saturated rings. The van der Waals surface area contributed by atoms with E-state index in [-0.39, 0.29) is 25.7 Å². The fraction of sp³-hybridized carbons (Fsp3) is 0.375. The Hall–Kier alpha value is -3.43. The lowest BCUT2D eigenvalue weighted by atomic mass is 9.98. The number of rotatable bonds is 8. The first-order valence-corrected chi connectivity index (χ1v) is 10.8. The number of carbonyl (C=O) groups excluding carboxylic acids is 2. The van der Waals surface area contributed by atoms with Gasteiger partial charge in [-0.15, -0.1) is 0 Å². The Kier molecular flexibility index (Phi) is 6.90. The number of aliphatic hydroxyl groups excluding tert-OH is 1. The molecule has 0 saturated carbocycles. The third-order valence-corrected chi connectivity index (χ3v) is 6.07. The molecule has 9 nitrogen and oxygen atoms in total. The van der Waals surface area contributed by atoms with Gasteiger partial charge < -0.3 is 30.3 Å². The normalized spacial score (nSPS) is 19.9. The van der Waals surface area contributed by atoms with Gasteiger partial charge in [0.2, 0.25) is 5.91 Å². The highest BCUT2D eigenvalue weighted by Crippen LogP contribution is 2.44. The molecule has 0 spiro atoms. The highest BCUT2D eigenvalue weighted by Gasteiger charge is 2.33. The number of ether oxygens (including phenoxy) is 2. The Labute approximate surface area is 190 Å². The molecule has 1 aliphatic heterocycles. The Morgan fingerprint density at radius 1 is 1.06 bits per heavy atom. The summed E-state index contributed by atoms with van der Waals surface area (Å²) in [6.45, 7) is -0.209. The van der Waals surface area contributed by atoms with Crippen LogP contribution < -0.4 is 10.6 Å². The van der Waals surface area contributed by atoms with E-state index in [1.807, 2.05) is 36.4 Å². The average molecular weight is 454 g/mol. The van der Waals surface area contributed by atoms with Gasteiger partial charge in [0.15, 0.2) is 0 Å². The number of fused-ring (bicyclic) bond motifs is 3. The standard InChI is InChI=1S/C24H26N2O7/c27-11-21(23(29)30)26-22(28)14-9-15(32-12-14)10-25-24(31)33-13-20-18-7-3-1-5-16(18)17-6-2-4-8-19(17)20/h1-8,14-15,20-21,27H,9-13H2,(H,25,31)(H,26,28)(H,29,30)/t14-,15-,21+/m0/s1. The van der Waals surface area contributed by atoms with E-state index in [9.17, 15) is 14.4 Å². The molecule has 0 aromatic heterocycles. The van der Waals surface area contributed by atoms with E-state index in [1.165, 1.54) is 0 Å². The molecular formula is C24H26N2O7. The maximum atomic E-state index is 12.3. The molecule has 0 unspecified atom stereocenters. The van der Waals surface area contributed by atoms with E-state index in [0.29, 0.717) is 6.42 Å². The minimum Gasteiger partial charge on any atom is -0.480 e. The molecule has 2 amide bonds. The highest BCUT2D eigenvalue weighted by atomic mass is 16.5. The molecule has 2 aromatic rings. The summed E-state index contributed by atoms with van der Waals surface area (Å²) in [7, 11) is 0. The number of amides is 2. The van der Waals surface area contributed by atoms with Gasteiger partial charge in [0.1, 0.15) is 12.6 Å². The van der Waals surface area contributed by atoms with Crippen LogP contribution in [0.4, 0.5) is 4.79 Å². The Bertz CT molecular complexity index is 995. The maximum absolute atomic E-state index is 12.3. The molecule has 0 bridgehead atoms. The lowest BCUT2D eigenvalue weighted by molar-refractivity contribution is -0.143. The first-order valence-electron chi connectivity index (χ1n) is 10.8. The first kappa shape index (κ1) is 22.8. The summed E-state index contributed by atoms with van der Waals surface area (Å²) in [5.41, 5.74) is 4.55. The van der Waals surface area contributed by atoms with Crippen molar-refractivity contribution in [1.82, 2.24) is 10.6 Å². The van der Waals surface area contributed by atoms with Crippen LogP contribution in [0.1, 0.15) is 23.5 Å². The van der Waals surface area contributed by atoms with Crippen LogP contribution in [0, 0.1) is 5.92 Å². The van der Waals surface area contributed by atoms with Gasteiger partial charge in [-0.05, 0) is 28.7 Å². The second-order valence-corrected chi connectivity index (χ2v) is 8.18. The summed E-state index contributed by atoms with van der Waals surface area (Å²) in [5.74, 6) is -2.39. The van der Waals surface area contributed by atoms with Gasteiger partial charge in [-0.3, -0.25) is 4.79 Å². The second-order valence-electron chi connectivity index (χ2n) is 8.18. The summed E-state index contributed by atoms with van der Waals surface area (Å²) < 4.78 is 11.0. The van der Waals surface area contributed by atoms with Crippen molar-refractivity contribution in [3.8, 4) is 11.1 Å². The SMILES string of the molecule is O=C(NC[C@@H]1C[C@H](C(=O)N[C@H](CO)C(=O)O)CO1)OCC1c2ccccc2-c2ccccc21. The van der Waals surface area contributed by atoms with Crippen molar-refractivity contribution in [1.29, 1.82) is 0 Å². The zero-order chi connectivity index (χ0) is 23.4. The predicted molar refractivity (Wildman–Crippen MR) is 118 cm³/mol. The summed E-state index contributed by atoms with van der Waals surface area (Å²) in [6.07, 6.45) is -0.633. The molecule has 4 rings (SSSR count). The molecule has 9 heteroatoms. The van der Waals surface area contributed by atoms with Crippen LogP contribution in [0.15, 0.2) is 48.5 Å². The highest BCUT2D eigenvalue weighted by molar-refractivity contribution is 5.85. The fourth-order valence-corrected chi connectivity index (χ4v) is 4.35. The van der Waals surface area contributed by atoms with Crippen molar-refractivity contribution in [2.75, 3.05) is 26.4 Å². The van der Waals surface area contributed by atoms with Crippen molar-refractivity contribution in [2.45, 2.75) is 24.5 Å². The number of carbonyl (C=O) groups is 3. The fourth-order valence-electron chi connectivity index (χ4n) is 4.35. The van der Waals surface area contributed by atoms with Gasteiger partial charge in [0, 0.05) is 12.5 Å². The Balaban J connectivity index is 1.25. The van der Waals surface area contributed by atoms with Crippen molar-refractivity contribution < 1.29 is 34.1 Å². The number of hydrogen-bond acceptors (Lipinski definition) is 6. The molecule has 33 heavy (non-hydrogen) atoms. The third-order valence-electron chi connectivity index (χ3n) is 6.07. The molecule has 1 saturated heterocycles. The van der Waals surface area contributed by atoms with E-state index < -0.39 is 42.6 Å². The molecule has 4 N–H and O–H groups in total. The predicted octanol–water partition coefficient (Wildman–Crippen LogP) is 1.49. The summed E-state index contributed by atoms with van der Waals surface area (Å²) in [6, 6.07) is 14.8. The number of hydrogen-bond donors (Lipinski definition) is 4. The zero-order valence-corrected chi connectivity index (χ0v) is 17.9. The minimum absolute atomic E-state index is 0.0346. The van der Waals surface area contributed by atoms with Gasteiger partial charge in [-0.25, -0.2) is 9.59 Å². The molecule has 1 heterocycles.